The lowest BCUT2D eigenvalue weighted by atomic mass is 10.0. The lowest BCUT2D eigenvalue weighted by molar-refractivity contribution is 0.0187. The molecule has 188 valence electrons. The number of nitrogens with zero attached hydrogens (tertiary/aromatic N) is 5. The van der Waals surface area contributed by atoms with Crippen molar-refractivity contribution in [2.75, 3.05) is 13.1 Å². The molecule has 5 rings (SSSR count). The highest BCUT2D eigenvalue weighted by Crippen LogP contribution is 2.29. The molecule has 4 aromatic rings. The molecule has 1 amide bonds. The van der Waals surface area contributed by atoms with Crippen molar-refractivity contribution in [1.82, 2.24) is 23.8 Å². The zero-order valence-electron chi connectivity index (χ0n) is 20.6. The van der Waals surface area contributed by atoms with E-state index in [0.717, 1.165) is 6.07 Å². The highest BCUT2D eigenvalue weighted by Gasteiger charge is 2.28. The van der Waals surface area contributed by atoms with E-state index in [9.17, 15) is 14.0 Å². The Morgan fingerprint density at radius 3 is 2.50 bits per heavy atom. The second kappa shape index (κ2) is 8.69. The van der Waals surface area contributed by atoms with Crippen molar-refractivity contribution in [3.8, 4) is 11.1 Å². The van der Waals surface area contributed by atoms with E-state index in [1.165, 1.54) is 27.4 Å². The molecule has 4 heterocycles. The summed E-state index contributed by atoms with van der Waals surface area (Å²) in [6, 6.07) is 3.68. The maximum Gasteiger partial charge on any atom is 0.410 e. The molecule has 36 heavy (non-hydrogen) atoms. The van der Waals surface area contributed by atoms with Crippen molar-refractivity contribution >= 4 is 22.6 Å². The van der Waals surface area contributed by atoms with Gasteiger partial charge in [-0.1, -0.05) is 0 Å². The molecule has 0 bridgehead atoms. The topological polar surface area (TPSA) is 81.7 Å². The fraction of sp³-hybridized carbons (Fsp3) is 0.385. The standard InChI is InChI=1S/C26H27F2N5O3/c1-15-12-32-13-16(9-21(28)23(32)30-15)18-11-22-19(10-20(18)27)24(34)33(14-29-22)17-5-7-31(8-6-17)25(35)36-26(2,3)4/h9-14,17H,5-8H2,1-4H3. The number of halogens is 2. The number of piperidine rings is 1. The highest BCUT2D eigenvalue weighted by atomic mass is 19.1. The number of pyridine rings is 1. The number of carbonyl (C=O) groups is 1. The molecule has 3 aromatic heterocycles. The van der Waals surface area contributed by atoms with Crippen LogP contribution in [-0.2, 0) is 4.74 Å². The number of rotatable bonds is 2. The first-order valence-electron chi connectivity index (χ1n) is 11.8. The van der Waals surface area contributed by atoms with Crippen LogP contribution in [0.5, 0.6) is 0 Å². The average molecular weight is 496 g/mol. The molecule has 1 aromatic carbocycles. The third-order valence-electron chi connectivity index (χ3n) is 6.32. The summed E-state index contributed by atoms with van der Waals surface area (Å²) in [5, 5.41) is 0.147. The number of ether oxygens (including phenoxy) is 1. The number of likely N-dealkylation sites (tertiary alicyclic amines) is 1. The van der Waals surface area contributed by atoms with Crippen molar-refractivity contribution in [3.63, 3.8) is 0 Å². The maximum absolute atomic E-state index is 15.2. The van der Waals surface area contributed by atoms with Gasteiger partial charge in [0.25, 0.3) is 5.56 Å². The Balaban J connectivity index is 1.43. The molecule has 1 saturated heterocycles. The van der Waals surface area contributed by atoms with Crippen LogP contribution in [0.15, 0.2) is 41.7 Å². The van der Waals surface area contributed by atoms with Crippen LogP contribution >= 0.6 is 0 Å². The van der Waals surface area contributed by atoms with Gasteiger partial charge >= 0.3 is 6.09 Å². The van der Waals surface area contributed by atoms with Gasteiger partial charge in [0.05, 0.1) is 22.9 Å². The number of benzene rings is 1. The summed E-state index contributed by atoms with van der Waals surface area (Å²) in [6.45, 7) is 8.08. The van der Waals surface area contributed by atoms with Crippen LogP contribution in [0.25, 0.3) is 27.7 Å². The molecule has 0 spiro atoms. The summed E-state index contributed by atoms with van der Waals surface area (Å²) >= 11 is 0. The molecule has 10 heteroatoms. The molecule has 1 fully saturated rings. The number of fused-ring (bicyclic) bond motifs is 2. The average Bonchev–Trinajstić information content (AvgIpc) is 3.19. The summed E-state index contributed by atoms with van der Waals surface area (Å²) in [5.41, 5.74) is 0.655. The molecule has 0 radical (unpaired) electrons. The number of hydrogen-bond donors (Lipinski definition) is 0. The first kappa shape index (κ1) is 23.9. The van der Waals surface area contributed by atoms with Crippen LogP contribution in [0.4, 0.5) is 13.6 Å². The third-order valence-corrected chi connectivity index (χ3v) is 6.32. The minimum absolute atomic E-state index is 0.143. The lowest BCUT2D eigenvalue weighted by Gasteiger charge is -2.34. The normalized spacial score (nSPS) is 15.1. The minimum Gasteiger partial charge on any atom is -0.444 e. The largest absolute Gasteiger partial charge is 0.444 e. The van der Waals surface area contributed by atoms with Crippen LogP contribution in [-0.4, -0.2) is 48.6 Å². The van der Waals surface area contributed by atoms with E-state index in [0.29, 0.717) is 42.7 Å². The Morgan fingerprint density at radius 2 is 1.81 bits per heavy atom. The lowest BCUT2D eigenvalue weighted by Crippen LogP contribution is -2.43. The Labute approximate surface area is 206 Å². The van der Waals surface area contributed by atoms with E-state index in [2.05, 4.69) is 9.97 Å². The van der Waals surface area contributed by atoms with E-state index in [1.54, 1.807) is 24.2 Å². The molecular weight excluding hydrogens is 468 g/mol. The van der Waals surface area contributed by atoms with Gasteiger partial charge in [-0.15, -0.1) is 0 Å². The van der Waals surface area contributed by atoms with Gasteiger partial charge in [-0.05, 0) is 58.7 Å². The van der Waals surface area contributed by atoms with Crippen molar-refractivity contribution in [3.05, 3.63) is 64.6 Å². The number of amides is 1. The Morgan fingerprint density at radius 1 is 1.08 bits per heavy atom. The molecule has 0 unspecified atom stereocenters. The first-order valence-corrected chi connectivity index (χ1v) is 11.8. The van der Waals surface area contributed by atoms with Gasteiger partial charge in [-0.3, -0.25) is 9.36 Å². The van der Waals surface area contributed by atoms with Crippen LogP contribution < -0.4 is 5.56 Å². The van der Waals surface area contributed by atoms with Gasteiger partial charge in [0.2, 0.25) is 0 Å². The monoisotopic (exact) mass is 495 g/mol. The zero-order chi connectivity index (χ0) is 25.8. The van der Waals surface area contributed by atoms with Crippen LogP contribution in [0.2, 0.25) is 0 Å². The van der Waals surface area contributed by atoms with E-state index in [4.69, 9.17) is 4.74 Å². The van der Waals surface area contributed by atoms with Gasteiger partial charge < -0.3 is 14.0 Å². The van der Waals surface area contributed by atoms with E-state index >= 15 is 4.39 Å². The van der Waals surface area contributed by atoms with Gasteiger partial charge in [0, 0.05) is 42.7 Å². The fourth-order valence-corrected chi connectivity index (χ4v) is 4.62. The molecule has 0 saturated carbocycles. The number of imidazole rings is 1. The molecular formula is C26H27F2N5O3. The van der Waals surface area contributed by atoms with Crippen molar-refractivity contribution in [2.24, 2.45) is 0 Å². The van der Waals surface area contributed by atoms with Gasteiger partial charge in [0.15, 0.2) is 11.5 Å². The van der Waals surface area contributed by atoms with Crippen molar-refractivity contribution in [1.29, 1.82) is 0 Å². The molecule has 1 aliphatic rings. The quantitative estimate of drug-likeness (QED) is 0.396. The molecule has 8 nitrogen and oxygen atoms in total. The summed E-state index contributed by atoms with van der Waals surface area (Å²) in [6.07, 6.45) is 5.45. The van der Waals surface area contributed by atoms with E-state index in [-0.39, 0.29) is 34.3 Å². The molecule has 0 N–H and O–H groups in total. The molecule has 1 aliphatic heterocycles. The Bertz CT molecular complexity index is 1550. The maximum atomic E-state index is 15.2. The number of aromatic nitrogens is 4. The summed E-state index contributed by atoms with van der Waals surface area (Å²) in [7, 11) is 0. The molecule has 0 aliphatic carbocycles. The number of hydrogen-bond acceptors (Lipinski definition) is 5. The SMILES string of the molecule is Cc1cn2cc(-c3cc4ncn(C5CCN(C(=O)OC(C)(C)C)CC5)c(=O)c4cc3F)cc(F)c2n1. The minimum atomic E-state index is -0.644. The number of aryl methyl sites for hydroxylation is 1. The third kappa shape index (κ3) is 4.43. The summed E-state index contributed by atoms with van der Waals surface area (Å²) in [4.78, 5) is 35.7. The van der Waals surface area contributed by atoms with Crippen LogP contribution in [0.1, 0.15) is 45.3 Å². The smallest absolute Gasteiger partial charge is 0.410 e. The van der Waals surface area contributed by atoms with Gasteiger partial charge in [0.1, 0.15) is 11.4 Å². The van der Waals surface area contributed by atoms with Crippen LogP contribution in [0, 0.1) is 18.6 Å². The fourth-order valence-electron chi connectivity index (χ4n) is 4.62. The predicted molar refractivity (Wildman–Crippen MR) is 131 cm³/mol. The number of carbonyl (C=O) groups excluding carboxylic acids is 1. The summed E-state index contributed by atoms with van der Waals surface area (Å²) < 4.78 is 38.2. The second-order valence-electron chi connectivity index (χ2n) is 10.2. The van der Waals surface area contributed by atoms with Crippen molar-refractivity contribution in [2.45, 2.75) is 52.2 Å². The van der Waals surface area contributed by atoms with E-state index in [1.807, 2.05) is 20.8 Å². The van der Waals surface area contributed by atoms with Gasteiger partial charge in [-0.25, -0.2) is 23.5 Å². The Kier molecular flexibility index (Phi) is 5.77. The van der Waals surface area contributed by atoms with E-state index < -0.39 is 17.2 Å². The van der Waals surface area contributed by atoms with Crippen LogP contribution in [0.3, 0.4) is 0 Å². The first-order chi connectivity index (χ1) is 17.0. The van der Waals surface area contributed by atoms with Crippen molar-refractivity contribution < 1.29 is 18.3 Å². The second-order valence-corrected chi connectivity index (χ2v) is 10.2. The summed E-state index contributed by atoms with van der Waals surface area (Å²) in [5.74, 6) is -1.21. The van der Waals surface area contributed by atoms with Gasteiger partial charge in [-0.2, -0.15) is 0 Å². The Hall–Kier alpha value is -3.82. The molecule has 0 atom stereocenters. The highest BCUT2D eigenvalue weighted by molar-refractivity contribution is 5.84. The predicted octanol–water partition coefficient (Wildman–Crippen LogP) is 4.87. The zero-order valence-corrected chi connectivity index (χ0v) is 20.6.